The Kier molecular flexibility index (Phi) is 4.42. The molecule has 0 radical (unpaired) electrons. The van der Waals surface area contributed by atoms with E-state index in [0.29, 0.717) is 5.56 Å². The third kappa shape index (κ3) is 3.25. The van der Waals surface area contributed by atoms with Gasteiger partial charge in [0.15, 0.2) is 0 Å². The lowest BCUT2D eigenvalue weighted by atomic mass is 10.1. The fourth-order valence-electron chi connectivity index (χ4n) is 1.80. The second-order valence-electron chi connectivity index (χ2n) is 4.33. The van der Waals surface area contributed by atoms with Crippen LogP contribution in [0.3, 0.4) is 0 Å². The van der Waals surface area contributed by atoms with Gasteiger partial charge in [-0.1, -0.05) is 28.1 Å². The first-order chi connectivity index (χ1) is 8.99. The molecule has 0 heterocycles. The maximum atomic E-state index is 12.5. The first-order valence-electron chi connectivity index (χ1n) is 5.79. The summed E-state index contributed by atoms with van der Waals surface area (Å²) in [5, 5.41) is 0. The number of anilines is 1. The molecule has 0 aliphatic rings. The average molecular weight is 383 g/mol. The molecular formula is C15H13Br2NO. The summed E-state index contributed by atoms with van der Waals surface area (Å²) in [6, 6.07) is 13.4. The Morgan fingerprint density at radius 3 is 2.47 bits per heavy atom. The Balaban J connectivity index is 2.33. The van der Waals surface area contributed by atoms with E-state index in [1.807, 2.05) is 49.4 Å². The minimum absolute atomic E-state index is 0.0371. The number of rotatable bonds is 2. The molecule has 98 valence electrons. The summed E-state index contributed by atoms with van der Waals surface area (Å²) < 4.78 is 1.72. The zero-order chi connectivity index (χ0) is 14.0. The topological polar surface area (TPSA) is 20.3 Å². The SMILES string of the molecule is Cc1cccc(N(C)C(=O)c2ccc(Br)cc2Br)c1. The van der Waals surface area contributed by atoms with Crippen molar-refractivity contribution < 1.29 is 4.79 Å². The van der Waals surface area contributed by atoms with Crippen molar-refractivity contribution in [2.24, 2.45) is 0 Å². The number of hydrogen-bond acceptors (Lipinski definition) is 1. The molecule has 0 fully saturated rings. The second-order valence-corrected chi connectivity index (χ2v) is 6.10. The Morgan fingerprint density at radius 2 is 1.84 bits per heavy atom. The zero-order valence-corrected chi connectivity index (χ0v) is 13.8. The molecule has 0 aliphatic carbocycles. The number of aryl methyl sites for hydroxylation is 1. The van der Waals surface area contributed by atoms with Crippen LogP contribution in [0.1, 0.15) is 15.9 Å². The van der Waals surface area contributed by atoms with Crippen LogP contribution in [0.15, 0.2) is 51.4 Å². The molecule has 1 amide bonds. The number of nitrogens with zero attached hydrogens (tertiary/aromatic N) is 1. The fraction of sp³-hybridized carbons (Fsp3) is 0.133. The van der Waals surface area contributed by atoms with Crippen LogP contribution in [-0.2, 0) is 0 Å². The summed E-state index contributed by atoms with van der Waals surface area (Å²) in [6.07, 6.45) is 0. The summed E-state index contributed by atoms with van der Waals surface area (Å²) >= 11 is 6.81. The molecule has 0 atom stereocenters. The summed E-state index contributed by atoms with van der Waals surface area (Å²) in [5.41, 5.74) is 2.67. The van der Waals surface area contributed by atoms with Gasteiger partial charge in [0.2, 0.25) is 0 Å². The molecule has 0 bridgehead atoms. The van der Waals surface area contributed by atoms with Gasteiger partial charge in [-0.25, -0.2) is 0 Å². The molecule has 0 saturated carbocycles. The van der Waals surface area contributed by atoms with Crippen molar-refractivity contribution >= 4 is 43.5 Å². The Hall–Kier alpha value is -1.13. The van der Waals surface area contributed by atoms with Crippen LogP contribution in [0.5, 0.6) is 0 Å². The molecule has 2 nitrogen and oxygen atoms in total. The van der Waals surface area contributed by atoms with Crippen molar-refractivity contribution in [3.05, 3.63) is 62.5 Å². The lowest BCUT2D eigenvalue weighted by Crippen LogP contribution is -2.26. The highest BCUT2D eigenvalue weighted by Crippen LogP contribution is 2.25. The first-order valence-corrected chi connectivity index (χ1v) is 7.37. The predicted molar refractivity (Wildman–Crippen MR) is 85.8 cm³/mol. The van der Waals surface area contributed by atoms with E-state index in [2.05, 4.69) is 31.9 Å². The lowest BCUT2D eigenvalue weighted by Gasteiger charge is -2.18. The zero-order valence-electron chi connectivity index (χ0n) is 10.7. The van der Waals surface area contributed by atoms with Gasteiger partial charge in [0.25, 0.3) is 5.91 Å². The van der Waals surface area contributed by atoms with Crippen molar-refractivity contribution in [3.8, 4) is 0 Å². The van der Waals surface area contributed by atoms with Crippen LogP contribution in [0.25, 0.3) is 0 Å². The normalized spacial score (nSPS) is 10.3. The number of amides is 1. The Labute approximate surface area is 129 Å². The van der Waals surface area contributed by atoms with Gasteiger partial charge in [-0.3, -0.25) is 4.79 Å². The molecule has 2 aromatic rings. The van der Waals surface area contributed by atoms with E-state index < -0.39 is 0 Å². The molecule has 0 N–H and O–H groups in total. The van der Waals surface area contributed by atoms with Crippen LogP contribution in [0, 0.1) is 6.92 Å². The van der Waals surface area contributed by atoms with Gasteiger partial charge in [0.05, 0.1) is 5.56 Å². The van der Waals surface area contributed by atoms with E-state index in [1.165, 1.54) is 0 Å². The van der Waals surface area contributed by atoms with E-state index in [9.17, 15) is 4.79 Å². The van der Waals surface area contributed by atoms with E-state index in [1.54, 1.807) is 11.9 Å². The van der Waals surface area contributed by atoms with Gasteiger partial charge in [0.1, 0.15) is 0 Å². The molecule has 4 heteroatoms. The Bertz CT molecular complexity index is 625. The first kappa shape index (κ1) is 14.3. The smallest absolute Gasteiger partial charge is 0.259 e. The molecule has 0 saturated heterocycles. The molecule has 2 aromatic carbocycles. The summed E-state index contributed by atoms with van der Waals surface area (Å²) in [5.74, 6) is -0.0371. The third-order valence-corrected chi connectivity index (χ3v) is 4.00. The highest BCUT2D eigenvalue weighted by atomic mass is 79.9. The number of carbonyl (C=O) groups is 1. The van der Waals surface area contributed by atoms with Gasteiger partial charge in [-0.2, -0.15) is 0 Å². The van der Waals surface area contributed by atoms with Crippen LogP contribution < -0.4 is 4.90 Å². The highest BCUT2D eigenvalue weighted by Gasteiger charge is 2.16. The summed E-state index contributed by atoms with van der Waals surface area (Å²) in [4.78, 5) is 14.1. The van der Waals surface area contributed by atoms with Crippen LogP contribution in [0.4, 0.5) is 5.69 Å². The second kappa shape index (κ2) is 5.88. The standard InChI is InChI=1S/C15H13Br2NO/c1-10-4-3-5-12(8-10)18(2)15(19)13-7-6-11(16)9-14(13)17/h3-9H,1-2H3. The van der Waals surface area contributed by atoms with Crippen molar-refractivity contribution in [2.45, 2.75) is 6.92 Å². The van der Waals surface area contributed by atoms with Gasteiger partial charge in [-0.15, -0.1) is 0 Å². The van der Waals surface area contributed by atoms with Gasteiger partial charge < -0.3 is 4.90 Å². The third-order valence-electron chi connectivity index (χ3n) is 2.86. The molecule has 2 rings (SSSR count). The van der Waals surface area contributed by atoms with Gasteiger partial charge in [0, 0.05) is 21.7 Å². The van der Waals surface area contributed by atoms with Crippen LogP contribution >= 0.6 is 31.9 Å². The quantitative estimate of drug-likeness (QED) is 0.730. The molecule has 19 heavy (non-hydrogen) atoms. The van der Waals surface area contributed by atoms with Crippen molar-refractivity contribution in [1.29, 1.82) is 0 Å². The largest absolute Gasteiger partial charge is 0.311 e. The van der Waals surface area contributed by atoms with Crippen LogP contribution in [0.2, 0.25) is 0 Å². The maximum Gasteiger partial charge on any atom is 0.259 e. The molecular weight excluding hydrogens is 370 g/mol. The van der Waals surface area contributed by atoms with E-state index in [4.69, 9.17) is 0 Å². The van der Waals surface area contributed by atoms with Gasteiger partial charge in [-0.05, 0) is 58.7 Å². The minimum atomic E-state index is -0.0371. The number of hydrogen-bond donors (Lipinski definition) is 0. The number of benzene rings is 2. The average Bonchev–Trinajstić information content (AvgIpc) is 2.37. The van der Waals surface area contributed by atoms with Crippen molar-refractivity contribution in [1.82, 2.24) is 0 Å². The highest BCUT2D eigenvalue weighted by molar-refractivity contribution is 9.11. The molecule has 0 unspecified atom stereocenters. The van der Waals surface area contributed by atoms with Crippen molar-refractivity contribution in [3.63, 3.8) is 0 Å². The summed E-state index contributed by atoms with van der Waals surface area (Å²) in [6.45, 7) is 2.01. The lowest BCUT2D eigenvalue weighted by molar-refractivity contribution is 0.0992. The van der Waals surface area contributed by atoms with Crippen LogP contribution in [-0.4, -0.2) is 13.0 Å². The summed E-state index contributed by atoms with van der Waals surface area (Å²) in [7, 11) is 1.78. The van der Waals surface area contributed by atoms with E-state index in [0.717, 1.165) is 20.2 Å². The maximum absolute atomic E-state index is 12.5. The predicted octanol–water partition coefficient (Wildman–Crippen LogP) is 4.80. The molecule has 0 spiro atoms. The number of carbonyl (C=O) groups excluding carboxylic acids is 1. The van der Waals surface area contributed by atoms with Crippen molar-refractivity contribution in [2.75, 3.05) is 11.9 Å². The van der Waals surface area contributed by atoms with E-state index in [-0.39, 0.29) is 5.91 Å². The fourth-order valence-corrected chi connectivity index (χ4v) is 3.01. The monoisotopic (exact) mass is 381 g/mol. The minimum Gasteiger partial charge on any atom is -0.311 e. The molecule has 0 aliphatic heterocycles. The van der Waals surface area contributed by atoms with Gasteiger partial charge >= 0.3 is 0 Å². The Morgan fingerprint density at radius 1 is 1.11 bits per heavy atom. The van der Waals surface area contributed by atoms with E-state index >= 15 is 0 Å². The molecule has 0 aromatic heterocycles. The number of halogens is 2.